The van der Waals surface area contributed by atoms with Crippen molar-refractivity contribution in [3.63, 3.8) is 0 Å². The molecule has 0 aliphatic carbocycles. The van der Waals surface area contributed by atoms with E-state index in [9.17, 15) is 4.79 Å². The molecule has 7 nitrogen and oxygen atoms in total. The van der Waals surface area contributed by atoms with Crippen LogP contribution in [0.4, 0.5) is 17.5 Å². The Balaban J connectivity index is 2.45. The van der Waals surface area contributed by atoms with Crippen LogP contribution in [0.15, 0.2) is 24.4 Å². The molecule has 0 aliphatic rings. The summed E-state index contributed by atoms with van der Waals surface area (Å²) in [4.78, 5) is 20.1. The Bertz CT molecular complexity index is 708. The molecule has 0 atom stereocenters. The lowest BCUT2D eigenvalue weighted by Gasteiger charge is -2.21. The smallest absolute Gasteiger partial charge is 0.254 e. The Morgan fingerprint density at radius 1 is 1.22 bits per heavy atom. The van der Waals surface area contributed by atoms with E-state index < -0.39 is 5.91 Å². The minimum atomic E-state index is -0.600. The van der Waals surface area contributed by atoms with E-state index in [0.717, 1.165) is 16.8 Å². The van der Waals surface area contributed by atoms with Gasteiger partial charge in [-0.05, 0) is 51.0 Å². The van der Waals surface area contributed by atoms with Crippen LogP contribution >= 0.6 is 0 Å². The van der Waals surface area contributed by atoms with Gasteiger partial charge in [-0.3, -0.25) is 9.80 Å². The third-order valence-electron chi connectivity index (χ3n) is 3.31. The average molecular weight is 314 g/mol. The molecular formula is C16H22N6O. The highest BCUT2D eigenvalue weighted by Gasteiger charge is 2.16. The van der Waals surface area contributed by atoms with Gasteiger partial charge in [0.25, 0.3) is 5.91 Å². The monoisotopic (exact) mass is 314 g/mol. The number of rotatable bonds is 5. The molecule has 0 fully saturated rings. The zero-order chi connectivity index (χ0) is 17.1. The van der Waals surface area contributed by atoms with Gasteiger partial charge in [0.1, 0.15) is 11.4 Å². The molecule has 1 aromatic heterocycles. The summed E-state index contributed by atoms with van der Waals surface area (Å²) in [6, 6.07) is 6.00. The number of carbonyl (C=O) groups is 1. The molecule has 1 heterocycles. The van der Waals surface area contributed by atoms with Gasteiger partial charge in [0.2, 0.25) is 5.95 Å². The van der Waals surface area contributed by atoms with Crippen LogP contribution in [-0.2, 0) is 0 Å². The van der Waals surface area contributed by atoms with E-state index in [1.54, 1.807) is 0 Å². The SMILES string of the molecule is Cc1cc(C)cc(Nc2nc(N(N)C(C)C)ncc2C(N)=O)c1. The molecule has 1 aromatic carbocycles. The van der Waals surface area contributed by atoms with Crippen LogP contribution in [0, 0.1) is 13.8 Å². The van der Waals surface area contributed by atoms with E-state index >= 15 is 0 Å². The fourth-order valence-electron chi connectivity index (χ4n) is 2.19. The summed E-state index contributed by atoms with van der Waals surface area (Å²) in [7, 11) is 0. The number of primary amides is 1. The number of hydrazine groups is 1. The maximum absolute atomic E-state index is 11.6. The molecule has 1 amide bonds. The van der Waals surface area contributed by atoms with E-state index in [0.29, 0.717) is 11.8 Å². The molecule has 5 N–H and O–H groups in total. The summed E-state index contributed by atoms with van der Waals surface area (Å²) in [5.74, 6) is 5.99. The Hall–Kier alpha value is -2.67. The first-order valence-corrected chi connectivity index (χ1v) is 7.34. The van der Waals surface area contributed by atoms with E-state index in [2.05, 4.69) is 21.4 Å². The zero-order valence-corrected chi connectivity index (χ0v) is 13.8. The van der Waals surface area contributed by atoms with Gasteiger partial charge in [0, 0.05) is 17.9 Å². The van der Waals surface area contributed by atoms with Crippen LogP contribution in [0.5, 0.6) is 0 Å². The molecular weight excluding hydrogens is 292 g/mol. The molecule has 0 aliphatic heterocycles. The number of nitrogens with two attached hydrogens (primary N) is 2. The van der Waals surface area contributed by atoms with Crippen LogP contribution in [0.3, 0.4) is 0 Å². The molecule has 0 radical (unpaired) electrons. The average Bonchev–Trinajstić information content (AvgIpc) is 2.44. The van der Waals surface area contributed by atoms with Crippen LogP contribution in [0.1, 0.15) is 35.3 Å². The maximum Gasteiger partial charge on any atom is 0.254 e. The molecule has 7 heteroatoms. The van der Waals surface area contributed by atoms with Gasteiger partial charge < -0.3 is 11.1 Å². The molecule has 2 aromatic rings. The number of hydrogen-bond donors (Lipinski definition) is 3. The molecule has 0 spiro atoms. The Morgan fingerprint density at radius 2 is 1.83 bits per heavy atom. The highest BCUT2D eigenvalue weighted by atomic mass is 16.1. The van der Waals surface area contributed by atoms with Crippen molar-refractivity contribution >= 4 is 23.4 Å². The molecule has 0 saturated carbocycles. The molecule has 0 saturated heterocycles. The maximum atomic E-state index is 11.6. The Kier molecular flexibility index (Phi) is 4.80. The van der Waals surface area contributed by atoms with Crippen molar-refractivity contribution in [1.29, 1.82) is 0 Å². The second-order valence-electron chi connectivity index (χ2n) is 5.80. The topological polar surface area (TPSA) is 110 Å². The van der Waals surface area contributed by atoms with Crippen molar-refractivity contribution < 1.29 is 4.79 Å². The summed E-state index contributed by atoms with van der Waals surface area (Å²) in [5.41, 5.74) is 8.65. The summed E-state index contributed by atoms with van der Waals surface area (Å²) in [5, 5.41) is 4.56. The third-order valence-corrected chi connectivity index (χ3v) is 3.31. The normalized spacial score (nSPS) is 10.7. The predicted molar refractivity (Wildman–Crippen MR) is 91.6 cm³/mol. The summed E-state index contributed by atoms with van der Waals surface area (Å²) in [6.07, 6.45) is 1.39. The number of nitrogens with zero attached hydrogens (tertiary/aromatic N) is 3. The molecule has 0 unspecified atom stereocenters. The first-order valence-electron chi connectivity index (χ1n) is 7.34. The molecule has 2 rings (SSSR count). The lowest BCUT2D eigenvalue weighted by molar-refractivity contribution is 0.100. The second-order valence-corrected chi connectivity index (χ2v) is 5.80. The van der Waals surface area contributed by atoms with Crippen molar-refractivity contribution in [2.75, 3.05) is 10.3 Å². The Morgan fingerprint density at radius 3 is 2.35 bits per heavy atom. The largest absolute Gasteiger partial charge is 0.365 e. The van der Waals surface area contributed by atoms with E-state index in [1.807, 2.05) is 39.8 Å². The number of carbonyl (C=O) groups excluding carboxylic acids is 1. The standard InChI is InChI=1S/C16H22N6O/c1-9(2)22(18)16-19-8-13(14(17)23)15(21-16)20-12-6-10(3)5-11(4)7-12/h5-9H,18H2,1-4H3,(H2,17,23)(H,19,20,21). The van der Waals surface area contributed by atoms with Crippen molar-refractivity contribution in [2.24, 2.45) is 11.6 Å². The third kappa shape index (κ3) is 3.95. The van der Waals surface area contributed by atoms with Gasteiger partial charge in [0.05, 0.1) is 0 Å². The summed E-state index contributed by atoms with van der Waals surface area (Å²) in [6.45, 7) is 7.84. The van der Waals surface area contributed by atoms with Crippen LogP contribution < -0.4 is 21.9 Å². The lowest BCUT2D eigenvalue weighted by atomic mass is 10.1. The minimum Gasteiger partial charge on any atom is -0.365 e. The fraction of sp³-hybridized carbons (Fsp3) is 0.312. The van der Waals surface area contributed by atoms with Crippen molar-refractivity contribution in [3.8, 4) is 0 Å². The van der Waals surface area contributed by atoms with E-state index in [-0.39, 0.29) is 11.6 Å². The van der Waals surface area contributed by atoms with Gasteiger partial charge >= 0.3 is 0 Å². The number of nitrogens with one attached hydrogen (secondary N) is 1. The van der Waals surface area contributed by atoms with Crippen LogP contribution in [0.25, 0.3) is 0 Å². The van der Waals surface area contributed by atoms with Crippen LogP contribution in [0.2, 0.25) is 0 Å². The number of aryl methyl sites for hydroxylation is 2. The number of aromatic nitrogens is 2. The second kappa shape index (κ2) is 6.62. The highest BCUT2D eigenvalue weighted by Crippen LogP contribution is 2.22. The number of amides is 1. The van der Waals surface area contributed by atoms with E-state index in [4.69, 9.17) is 11.6 Å². The van der Waals surface area contributed by atoms with Gasteiger partial charge in [0.15, 0.2) is 0 Å². The first-order chi connectivity index (χ1) is 10.8. The van der Waals surface area contributed by atoms with Crippen molar-refractivity contribution in [2.45, 2.75) is 33.7 Å². The van der Waals surface area contributed by atoms with Gasteiger partial charge in [-0.2, -0.15) is 4.98 Å². The van der Waals surface area contributed by atoms with E-state index in [1.165, 1.54) is 11.2 Å². The van der Waals surface area contributed by atoms with Crippen molar-refractivity contribution in [1.82, 2.24) is 9.97 Å². The molecule has 122 valence electrons. The summed E-state index contributed by atoms with van der Waals surface area (Å²) >= 11 is 0. The van der Waals surface area contributed by atoms with Gasteiger partial charge in [-0.1, -0.05) is 6.07 Å². The van der Waals surface area contributed by atoms with Gasteiger partial charge in [-0.15, -0.1) is 0 Å². The fourth-order valence-corrected chi connectivity index (χ4v) is 2.19. The summed E-state index contributed by atoms with van der Waals surface area (Å²) < 4.78 is 0. The van der Waals surface area contributed by atoms with Crippen molar-refractivity contribution in [3.05, 3.63) is 41.1 Å². The number of anilines is 3. The minimum absolute atomic E-state index is 0.0171. The quantitative estimate of drug-likeness (QED) is 0.575. The zero-order valence-electron chi connectivity index (χ0n) is 13.8. The number of benzene rings is 1. The first kappa shape index (κ1) is 16.7. The predicted octanol–water partition coefficient (Wildman–Crippen LogP) is 2.02. The highest BCUT2D eigenvalue weighted by molar-refractivity contribution is 5.98. The lowest BCUT2D eigenvalue weighted by Crippen LogP contribution is -2.39. The Labute approximate surface area is 135 Å². The van der Waals surface area contributed by atoms with Gasteiger partial charge in [-0.25, -0.2) is 10.8 Å². The number of hydrogen-bond acceptors (Lipinski definition) is 6. The molecule has 0 bridgehead atoms. The molecule has 23 heavy (non-hydrogen) atoms. The van der Waals surface area contributed by atoms with Crippen LogP contribution in [-0.4, -0.2) is 21.9 Å².